The molecular weight excluding hydrogens is 302 g/mol. The van der Waals surface area contributed by atoms with Gasteiger partial charge in [-0.3, -0.25) is 4.79 Å². The molecule has 0 aliphatic carbocycles. The lowest BCUT2D eigenvalue weighted by molar-refractivity contribution is 0.105. The molecule has 0 aliphatic heterocycles. The molecule has 0 bridgehead atoms. The van der Waals surface area contributed by atoms with Crippen molar-refractivity contribution >= 4 is 28.5 Å². The van der Waals surface area contributed by atoms with Gasteiger partial charge in [-0.15, -0.1) is 0 Å². The molecule has 0 atom stereocenters. The zero-order chi connectivity index (χ0) is 16.4. The average molecular weight is 315 g/mol. The molecule has 4 nitrogen and oxygen atoms in total. The van der Waals surface area contributed by atoms with E-state index in [2.05, 4.69) is 4.98 Å². The third-order valence-corrected chi connectivity index (χ3v) is 3.63. The van der Waals surface area contributed by atoms with E-state index in [1.54, 1.807) is 36.6 Å². The third kappa shape index (κ3) is 2.65. The Morgan fingerprint density at radius 3 is 2.46 bits per heavy atom. The Balaban J connectivity index is 1.86. The number of ketones is 1. The molecule has 4 heteroatoms. The van der Waals surface area contributed by atoms with Crippen LogP contribution in [0.3, 0.4) is 0 Å². The van der Waals surface area contributed by atoms with Crippen molar-refractivity contribution in [1.29, 1.82) is 0 Å². The van der Waals surface area contributed by atoms with Crippen molar-refractivity contribution in [2.45, 2.75) is 0 Å². The molecule has 4 rings (SSSR count). The van der Waals surface area contributed by atoms with E-state index in [-0.39, 0.29) is 11.7 Å². The number of carbonyl (C=O) groups is 1. The minimum atomic E-state index is -0.168. The van der Waals surface area contributed by atoms with Gasteiger partial charge in [-0.2, -0.15) is 0 Å². The number of rotatable bonds is 4. The second-order valence-corrected chi connectivity index (χ2v) is 5.26. The van der Waals surface area contributed by atoms with Crippen molar-refractivity contribution in [1.82, 2.24) is 4.98 Å². The number of carbonyl (C=O) groups excluding carboxylic acids is 1. The summed E-state index contributed by atoms with van der Waals surface area (Å²) in [5, 5.41) is 0. The monoisotopic (exact) mass is 315 g/mol. The fraction of sp³-hybridized carbons (Fsp3) is 0. The molecular formula is C20H13NO3. The molecule has 0 saturated heterocycles. The van der Waals surface area contributed by atoms with Crippen LogP contribution in [0.4, 0.5) is 0 Å². The number of nitrogens with zero attached hydrogens (tertiary/aromatic N) is 1. The predicted molar refractivity (Wildman–Crippen MR) is 91.4 cm³/mol. The van der Waals surface area contributed by atoms with E-state index in [4.69, 9.17) is 8.83 Å². The Hall–Kier alpha value is -3.40. The molecule has 0 radical (unpaired) electrons. The Kier molecular flexibility index (Phi) is 3.56. The van der Waals surface area contributed by atoms with Crippen LogP contribution in [0.15, 0.2) is 81.8 Å². The lowest BCUT2D eigenvalue weighted by atomic mass is 10.0. The van der Waals surface area contributed by atoms with Gasteiger partial charge in [-0.1, -0.05) is 42.5 Å². The predicted octanol–water partition coefficient (Wildman–Crippen LogP) is 4.84. The SMILES string of the molecule is O=C(C(=Cc1ccco1)c1nc2ccccc2o1)c1ccccc1. The number of allylic oxidation sites excluding steroid dienone is 1. The highest BCUT2D eigenvalue weighted by atomic mass is 16.3. The van der Waals surface area contributed by atoms with Gasteiger partial charge in [0, 0.05) is 5.56 Å². The molecule has 0 N–H and O–H groups in total. The van der Waals surface area contributed by atoms with E-state index >= 15 is 0 Å². The maximum Gasteiger partial charge on any atom is 0.231 e. The van der Waals surface area contributed by atoms with E-state index in [0.29, 0.717) is 28.0 Å². The van der Waals surface area contributed by atoms with Gasteiger partial charge in [0.1, 0.15) is 11.3 Å². The number of fused-ring (bicyclic) bond motifs is 1. The van der Waals surface area contributed by atoms with E-state index < -0.39 is 0 Å². The number of aromatic nitrogens is 1. The molecule has 24 heavy (non-hydrogen) atoms. The maximum atomic E-state index is 12.9. The van der Waals surface area contributed by atoms with E-state index in [1.807, 2.05) is 42.5 Å². The van der Waals surface area contributed by atoms with Crippen molar-refractivity contribution in [3.8, 4) is 0 Å². The van der Waals surface area contributed by atoms with Crippen LogP contribution < -0.4 is 0 Å². The summed E-state index contributed by atoms with van der Waals surface area (Å²) in [5.41, 5.74) is 2.27. The Bertz CT molecular complexity index is 978. The summed E-state index contributed by atoms with van der Waals surface area (Å²) in [6.07, 6.45) is 3.21. The summed E-state index contributed by atoms with van der Waals surface area (Å²) in [6, 6.07) is 20.0. The van der Waals surface area contributed by atoms with Gasteiger partial charge in [-0.05, 0) is 30.3 Å². The molecule has 2 aromatic carbocycles. The lowest BCUT2D eigenvalue weighted by Crippen LogP contribution is -2.03. The topological polar surface area (TPSA) is 56.2 Å². The molecule has 0 aliphatic rings. The van der Waals surface area contributed by atoms with Crippen molar-refractivity contribution in [3.63, 3.8) is 0 Å². The second kappa shape index (κ2) is 6.01. The molecule has 4 aromatic rings. The number of oxazole rings is 1. The minimum Gasteiger partial charge on any atom is -0.465 e. The molecule has 0 saturated carbocycles. The van der Waals surface area contributed by atoms with Gasteiger partial charge < -0.3 is 8.83 Å². The lowest BCUT2D eigenvalue weighted by Gasteiger charge is -2.02. The highest BCUT2D eigenvalue weighted by Crippen LogP contribution is 2.26. The van der Waals surface area contributed by atoms with Crippen LogP contribution in [0.25, 0.3) is 22.7 Å². The summed E-state index contributed by atoms with van der Waals surface area (Å²) in [7, 11) is 0. The van der Waals surface area contributed by atoms with Crippen LogP contribution in [0, 0.1) is 0 Å². The number of Topliss-reactive ketones (excluding diaryl/α,β-unsaturated/α-hetero) is 1. The number of benzene rings is 2. The zero-order valence-electron chi connectivity index (χ0n) is 12.7. The highest BCUT2D eigenvalue weighted by molar-refractivity contribution is 6.31. The minimum absolute atomic E-state index is 0.168. The molecule has 2 heterocycles. The van der Waals surface area contributed by atoms with E-state index in [0.717, 1.165) is 0 Å². The van der Waals surface area contributed by atoms with Crippen molar-refractivity contribution in [3.05, 3.63) is 90.2 Å². The van der Waals surface area contributed by atoms with Crippen LogP contribution in [-0.4, -0.2) is 10.8 Å². The Morgan fingerprint density at radius 1 is 0.917 bits per heavy atom. The van der Waals surface area contributed by atoms with Gasteiger partial charge in [0.2, 0.25) is 5.89 Å². The first-order valence-electron chi connectivity index (χ1n) is 7.52. The molecule has 0 fully saturated rings. The van der Waals surface area contributed by atoms with Crippen molar-refractivity contribution in [2.24, 2.45) is 0 Å². The fourth-order valence-corrected chi connectivity index (χ4v) is 2.47. The van der Waals surface area contributed by atoms with Crippen LogP contribution >= 0.6 is 0 Å². The first-order valence-corrected chi connectivity index (χ1v) is 7.52. The van der Waals surface area contributed by atoms with E-state index in [9.17, 15) is 4.79 Å². The van der Waals surface area contributed by atoms with Gasteiger partial charge in [0.15, 0.2) is 11.4 Å². The second-order valence-electron chi connectivity index (χ2n) is 5.26. The highest BCUT2D eigenvalue weighted by Gasteiger charge is 2.20. The van der Waals surface area contributed by atoms with Crippen LogP contribution in [-0.2, 0) is 0 Å². The Morgan fingerprint density at radius 2 is 1.71 bits per heavy atom. The molecule has 0 unspecified atom stereocenters. The largest absolute Gasteiger partial charge is 0.465 e. The molecule has 2 aromatic heterocycles. The summed E-state index contributed by atoms with van der Waals surface area (Å²) in [4.78, 5) is 17.4. The summed E-state index contributed by atoms with van der Waals surface area (Å²) < 4.78 is 11.1. The van der Waals surface area contributed by atoms with Gasteiger partial charge in [-0.25, -0.2) is 4.98 Å². The molecule has 116 valence electrons. The summed E-state index contributed by atoms with van der Waals surface area (Å²) >= 11 is 0. The first-order chi connectivity index (χ1) is 11.8. The molecule has 0 spiro atoms. The zero-order valence-corrected chi connectivity index (χ0v) is 12.7. The Labute approximate surface area is 138 Å². The average Bonchev–Trinajstić information content (AvgIpc) is 3.29. The summed E-state index contributed by atoms with van der Waals surface area (Å²) in [6.45, 7) is 0. The van der Waals surface area contributed by atoms with Crippen LogP contribution in [0.5, 0.6) is 0 Å². The van der Waals surface area contributed by atoms with Gasteiger partial charge in [0.05, 0.1) is 11.8 Å². The normalized spacial score (nSPS) is 11.8. The fourth-order valence-electron chi connectivity index (χ4n) is 2.47. The number of furan rings is 1. The number of para-hydroxylation sites is 2. The van der Waals surface area contributed by atoms with Gasteiger partial charge >= 0.3 is 0 Å². The standard InChI is InChI=1S/C20H13NO3/c22-19(14-7-2-1-3-8-14)16(13-15-9-6-12-23-15)20-21-17-10-4-5-11-18(17)24-20/h1-13H. The van der Waals surface area contributed by atoms with Crippen LogP contribution in [0.2, 0.25) is 0 Å². The first kappa shape index (κ1) is 14.2. The van der Waals surface area contributed by atoms with Gasteiger partial charge in [0.25, 0.3) is 0 Å². The maximum absolute atomic E-state index is 12.9. The van der Waals surface area contributed by atoms with Crippen LogP contribution in [0.1, 0.15) is 22.0 Å². The van der Waals surface area contributed by atoms with Crippen molar-refractivity contribution in [2.75, 3.05) is 0 Å². The van der Waals surface area contributed by atoms with Crippen molar-refractivity contribution < 1.29 is 13.6 Å². The quantitative estimate of drug-likeness (QED) is 0.399. The summed E-state index contributed by atoms with van der Waals surface area (Å²) in [5.74, 6) is 0.677. The molecule has 0 amide bonds. The third-order valence-electron chi connectivity index (χ3n) is 3.63. The van der Waals surface area contributed by atoms with E-state index in [1.165, 1.54) is 0 Å². The number of hydrogen-bond donors (Lipinski definition) is 0. The smallest absolute Gasteiger partial charge is 0.231 e. The number of hydrogen-bond acceptors (Lipinski definition) is 4.